The van der Waals surface area contributed by atoms with Gasteiger partial charge in [-0.15, -0.1) is 0 Å². The van der Waals surface area contributed by atoms with Gasteiger partial charge in [-0.2, -0.15) is 18.3 Å². The van der Waals surface area contributed by atoms with Gasteiger partial charge >= 0.3 is 6.18 Å². The van der Waals surface area contributed by atoms with Crippen LogP contribution < -0.4 is 11.1 Å². The summed E-state index contributed by atoms with van der Waals surface area (Å²) in [6, 6.07) is 8.61. The minimum atomic E-state index is -4.74. The number of amides is 2. The molecule has 0 radical (unpaired) electrons. The molecule has 0 unspecified atom stereocenters. The monoisotopic (exact) mass is 547 g/mol. The average molecular weight is 548 g/mol. The molecule has 2 amide bonds. The lowest BCUT2D eigenvalue weighted by atomic mass is 10.1. The molecule has 196 valence electrons. The van der Waals surface area contributed by atoms with Crippen molar-refractivity contribution >= 4 is 34.7 Å². The predicted molar refractivity (Wildman–Crippen MR) is 129 cm³/mol. The van der Waals surface area contributed by atoms with Crippen LogP contribution in [-0.4, -0.2) is 61.6 Å². The summed E-state index contributed by atoms with van der Waals surface area (Å²) in [5.74, 6) is -1.61. The summed E-state index contributed by atoms with van der Waals surface area (Å²) in [6.07, 6.45) is -3.85. The number of hydrogen-bond donors (Lipinski definition) is 2. The number of nitrogen functional groups attached to an aromatic ring is 1. The molecule has 4 heterocycles. The molecule has 3 N–H and O–H groups in total. The first kappa shape index (κ1) is 25.4. The minimum absolute atomic E-state index is 0.00730. The van der Waals surface area contributed by atoms with Gasteiger partial charge in [0.05, 0.1) is 34.4 Å². The molecule has 1 fully saturated rings. The largest absolute Gasteiger partial charge is 0.418 e. The number of alkyl halides is 4. The highest BCUT2D eigenvalue weighted by Crippen LogP contribution is 2.39. The van der Waals surface area contributed by atoms with Crippen molar-refractivity contribution in [2.45, 2.75) is 18.4 Å². The van der Waals surface area contributed by atoms with Gasteiger partial charge in [0.1, 0.15) is 23.7 Å². The number of nitrogens with zero attached hydrogens (tertiary/aromatic N) is 5. The van der Waals surface area contributed by atoms with E-state index in [1.54, 1.807) is 12.1 Å². The number of anilines is 1. The van der Waals surface area contributed by atoms with Gasteiger partial charge in [-0.25, -0.2) is 13.9 Å². The van der Waals surface area contributed by atoms with Crippen LogP contribution in [0.2, 0.25) is 5.02 Å². The number of fused-ring (bicyclic) bond motifs is 1. The minimum Gasteiger partial charge on any atom is -0.382 e. The Kier molecular flexibility index (Phi) is 6.39. The van der Waals surface area contributed by atoms with Gasteiger partial charge in [-0.3, -0.25) is 14.6 Å². The Hall–Kier alpha value is -4.26. The number of hydrogen-bond acceptors (Lipinski definition) is 6. The van der Waals surface area contributed by atoms with Gasteiger partial charge in [0.2, 0.25) is 0 Å². The van der Waals surface area contributed by atoms with Crippen LogP contribution in [0.3, 0.4) is 0 Å². The van der Waals surface area contributed by atoms with Crippen molar-refractivity contribution in [2.24, 2.45) is 0 Å². The second-order valence-corrected chi connectivity index (χ2v) is 8.97. The fourth-order valence-corrected chi connectivity index (χ4v) is 4.52. The zero-order valence-corrected chi connectivity index (χ0v) is 20.0. The van der Waals surface area contributed by atoms with Gasteiger partial charge in [0.15, 0.2) is 5.82 Å². The standard InChI is InChI=1S/C24H18ClF4N7O2/c25-15-5-4-12(19-8-14(24(27,28)29)20-21(30)32-11-33-36(19)20)7-13(15)22(37)34-18-10-35(9-16(18)26)23(38)17-3-1-2-6-31-17/h1-8,11,16,18H,9-10H2,(H,34,37)(H2,30,32,33)/t16-,18+/m0/s1. The number of benzene rings is 1. The third-order valence-corrected chi connectivity index (χ3v) is 6.46. The van der Waals surface area contributed by atoms with E-state index in [1.165, 1.54) is 35.4 Å². The highest BCUT2D eigenvalue weighted by atomic mass is 35.5. The van der Waals surface area contributed by atoms with E-state index in [9.17, 15) is 27.2 Å². The van der Waals surface area contributed by atoms with Crippen molar-refractivity contribution in [1.82, 2.24) is 29.8 Å². The number of carbonyl (C=O) groups is 2. The van der Waals surface area contributed by atoms with Crippen LogP contribution in [0.4, 0.5) is 23.4 Å². The van der Waals surface area contributed by atoms with Crippen LogP contribution >= 0.6 is 11.6 Å². The van der Waals surface area contributed by atoms with Crippen molar-refractivity contribution < 1.29 is 27.2 Å². The molecule has 0 saturated carbocycles. The number of pyridine rings is 1. The van der Waals surface area contributed by atoms with Gasteiger partial charge in [-0.1, -0.05) is 23.7 Å². The number of likely N-dealkylation sites (tertiary alicyclic amines) is 1. The highest BCUT2D eigenvalue weighted by Gasteiger charge is 2.38. The molecule has 0 bridgehead atoms. The Morgan fingerprint density at radius 2 is 1.89 bits per heavy atom. The molecule has 2 atom stereocenters. The first-order valence-corrected chi connectivity index (χ1v) is 11.6. The summed E-state index contributed by atoms with van der Waals surface area (Å²) < 4.78 is 56.8. The van der Waals surface area contributed by atoms with E-state index in [1.807, 2.05) is 0 Å². The fourth-order valence-electron chi connectivity index (χ4n) is 4.31. The van der Waals surface area contributed by atoms with Gasteiger partial charge in [0, 0.05) is 18.3 Å². The molecule has 0 aliphatic carbocycles. The third kappa shape index (κ3) is 4.60. The molecule has 1 aliphatic heterocycles. The van der Waals surface area contributed by atoms with E-state index in [4.69, 9.17) is 17.3 Å². The first-order valence-electron chi connectivity index (χ1n) is 11.2. The number of aromatic nitrogens is 4. The zero-order chi connectivity index (χ0) is 27.2. The Morgan fingerprint density at radius 3 is 2.61 bits per heavy atom. The van der Waals surface area contributed by atoms with E-state index in [2.05, 4.69) is 20.4 Å². The second-order valence-electron chi connectivity index (χ2n) is 8.56. The van der Waals surface area contributed by atoms with E-state index < -0.39 is 41.3 Å². The molecule has 5 rings (SSSR count). The maximum absolute atomic E-state index is 14.8. The molecule has 38 heavy (non-hydrogen) atoms. The van der Waals surface area contributed by atoms with Crippen molar-refractivity contribution in [3.05, 3.63) is 76.8 Å². The Labute approximate surface area is 217 Å². The normalized spacial score (nSPS) is 17.7. The lowest BCUT2D eigenvalue weighted by Crippen LogP contribution is -2.42. The zero-order valence-electron chi connectivity index (χ0n) is 19.3. The van der Waals surface area contributed by atoms with E-state index in [0.717, 1.165) is 16.9 Å². The molecule has 1 saturated heterocycles. The number of carbonyl (C=O) groups excluding carboxylic acids is 2. The molecular weight excluding hydrogens is 530 g/mol. The lowest BCUT2D eigenvalue weighted by molar-refractivity contribution is -0.136. The summed E-state index contributed by atoms with van der Waals surface area (Å²) in [4.78, 5) is 34.5. The van der Waals surface area contributed by atoms with Crippen molar-refractivity contribution in [3.63, 3.8) is 0 Å². The molecule has 9 nitrogen and oxygen atoms in total. The van der Waals surface area contributed by atoms with E-state index in [0.29, 0.717) is 0 Å². The van der Waals surface area contributed by atoms with Crippen LogP contribution in [0, 0.1) is 0 Å². The molecule has 1 aromatic carbocycles. The van der Waals surface area contributed by atoms with Crippen molar-refractivity contribution in [2.75, 3.05) is 18.8 Å². The van der Waals surface area contributed by atoms with Crippen molar-refractivity contribution in [3.8, 4) is 11.3 Å². The molecule has 14 heteroatoms. The topological polar surface area (TPSA) is 119 Å². The van der Waals surface area contributed by atoms with E-state index in [-0.39, 0.29) is 46.4 Å². The van der Waals surface area contributed by atoms with Gasteiger partial charge in [-0.05, 0) is 30.3 Å². The maximum atomic E-state index is 14.8. The summed E-state index contributed by atoms with van der Waals surface area (Å²) in [7, 11) is 0. The van der Waals surface area contributed by atoms with Crippen LogP contribution in [0.15, 0.2) is 55.0 Å². The first-order chi connectivity index (χ1) is 18.0. The Balaban J connectivity index is 1.42. The van der Waals surface area contributed by atoms with Crippen LogP contribution in [0.5, 0.6) is 0 Å². The fraction of sp³-hybridized carbons (Fsp3) is 0.208. The number of nitrogens with one attached hydrogen (secondary N) is 1. The smallest absolute Gasteiger partial charge is 0.382 e. The SMILES string of the molecule is Nc1ncnn2c(-c3ccc(Cl)c(C(=O)N[C@@H]4CN(C(=O)c5ccccn5)C[C@@H]4F)c3)cc(C(F)(F)F)c12. The second kappa shape index (κ2) is 9.56. The molecule has 3 aromatic heterocycles. The predicted octanol–water partition coefficient (Wildman–Crippen LogP) is 3.64. The summed E-state index contributed by atoms with van der Waals surface area (Å²) >= 11 is 6.22. The van der Waals surface area contributed by atoms with Gasteiger partial charge < -0.3 is 16.0 Å². The Bertz CT molecular complexity index is 1540. The molecular formula is C24H18ClF4N7O2. The summed E-state index contributed by atoms with van der Waals surface area (Å²) in [5.41, 5.74) is 4.43. The number of nitrogens with two attached hydrogens (primary N) is 1. The third-order valence-electron chi connectivity index (χ3n) is 6.13. The molecule has 0 spiro atoms. The quantitative estimate of drug-likeness (QED) is 0.377. The number of halogens is 5. The van der Waals surface area contributed by atoms with Crippen molar-refractivity contribution in [1.29, 1.82) is 0 Å². The highest BCUT2D eigenvalue weighted by molar-refractivity contribution is 6.34. The molecule has 1 aliphatic rings. The van der Waals surface area contributed by atoms with Crippen LogP contribution in [0.1, 0.15) is 26.4 Å². The Morgan fingerprint density at radius 1 is 1.11 bits per heavy atom. The number of rotatable bonds is 4. The lowest BCUT2D eigenvalue weighted by Gasteiger charge is -2.17. The van der Waals surface area contributed by atoms with Crippen LogP contribution in [0.25, 0.3) is 16.8 Å². The van der Waals surface area contributed by atoms with Crippen LogP contribution in [-0.2, 0) is 6.18 Å². The average Bonchev–Trinajstić information content (AvgIpc) is 3.46. The van der Waals surface area contributed by atoms with Gasteiger partial charge in [0.25, 0.3) is 11.8 Å². The molecule has 4 aromatic rings. The van der Waals surface area contributed by atoms with E-state index >= 15 is 0 Å². The summed E-state index contributed by atoms with van der Waals surface area (Å²) in [5, 5.41) is 6.42. The maximum Gasteiger partial charge on any atom is 0.418 e. The summed E-state index contributed by atoms with van der Waals surface area (Å²) in [6.45, 7) is -0.347.